The van der Waals surface area contributed by atoms with Crippen LogP contribution >= 0.6 is 11.6 Å². The summed E-state index contributed by atoms with van der Waals surface area (Å²) >= 11 is 6.21. The smallest absolute Gasteiger partial charge is 0.248 e. The van der Waals surface area contributed by atoms with Crippen LogP contribution in [0.3, 0.4) is 0 Å². The lowest BCUT2D eigenvalue weighted by Crippen LogP contribution is -2.09. The Morgan fingerprint density at radius 2 is 2.04 bits per heavy atom. The molecule has 4 nitrogen and oxygen atoms in total. The topological polar surface area (TPSA) is 47.6 Å². The summed E-state index contributed by atoms with van der Waals surface area (Å²) in [6.07, 6.45) is 3.16. The number of anilines is 1. The molecule has 2 aromatic carbocycles. The van der Waals surface area contributed by atoms with E-state index < -0.39 is 0 Å². The minimum absolute atomic E-state index is 0.210. The van der Waals surface area contributed by atoms with Gasteiger partial charge < -0.3 is 14.8 Å². The van der Waals surface area contributed by atoms with Crippen molar-refractivity contribution in [3.63, 3.8) is 0 Å². The SMILES string of the molecule is CCOc1cc(/C=C/C(=O)Nc2cccc(C)c2C)cc(Cl)c1OC. The Bertz CT molecular complexity index is 800. The van der Waals surface area contributed by atoms with Crippen molar-refractivity contribution >= 4 is 29.3 Å². The lowest BCUT2D eigenvalue weighted by atomic mass is 10.1. The van der Waals surface area contributed by atoms with Gasteiger partial charge in [-0.1, -0.05) is 23.7 Å². The van der Waals surface area contributed by atoms with Gasteiger partial charge in [-0.3, -0.25) is 4.79 Å². The van der Waals surface area contributed by atoms with Crippen LogP contribution in [-0.4, -0.2) is 19.6 Å². The molecule has 0 spiro atoms. The Balaban J connectivity index is 2.18. The number of benzene rings is 2. The van der Waals surface area contributed by atoms with Crippen LogP contribution in [0.2, 0.25) is 5.02 Å². The quantitative estimate of drug-likeness (QED) is 0.737. The van der Waals surface area contributed by atoms with E-state index in [4.69, 9.17) is 21.1 Å². The molecule has 0 aliphatic heterocycles. The van der Waals surface area contributed by atoms with Crippen LogP contribution in [0.5, 0.6) is 11.5 Å². The second kappa shape index (κ2) is 8.58. The molecule has 0 aliphatic rings. The van der Waals surface area contributed by atoms with Gasteiger partial charge in [-0.15, -0.1) is 0 Å². The molecule has 0 saturated heterocycles. The molecule has 2 aromatic rings. The Kier molecular flexibility index (Phi) is 6.48. The summed E-state index contributed by atoms with van der Waals surface area (Å²) in [4.78, 5) is 12.2. The third kappa shape index (κ3) is 4.77. The van der Waals surface area contributed by atoms with Crippen LogP contribution in [0.25, 0.3) is 6.08 Å². The molecule has 0 atom stereocenters. The first-order valence-corrected chi connectivity index (χ1v) is 8.39. The van der Waals surface area contributed by atoms with Crippen molar-refractivity contribution in [2.75, 3.05) is 19.0 Å². The fourth-order valence-electron chi connectivity index (χ4n) is 2.38. The van der Waals surface area contributed by atoms with Gasteiger partial charge in [0.15, 0.2) is 11.5 Å². The Morgan fingerprint density at radius 3 is 2.72 bits per heavy atom. The highest BCUT2D eigenvalue weighted by Crippen LogP contribution is 2.36. The van der Waals surface area contributed by atoms with E-state index in [1.54, 1.807) is 18.2 Å². The highest BCUT2D eigenvalue weighted by Gasteiger charge is 2.10. The van der Waals surface area contributed by atoms with Gasteiger partial charge >= 0.3 is 0 Å². The minimum Gasteiger partial charge on any atom is -0.491 e. The van der Waals surface area contributed by atoms with Gasteiger partial charge in [0.2, 0.25) is 5.91 Å². The second-order valence-electron chi connectivity index (χ2n) is 5.54. The fourth-order valence-corrected chi connectivity index (χ4v) is 2.67. The molecule has 132 valence electrons. The van der Waals surface area contributed by atoms with E-state index in [-0.39, 0.29) is 5.91 Å². The number of carbonyl (C=O) groups excluding carboxylic acids is 1. The number of halogens is 1. The average Bonchev–Trinajstić information content (AvgIpc) is 2.57. The fraction of sp³-hybridized carbons (Fsp3) is 0.250. The number of aryl methyl sites for hydroxylation is 1. The molecular weight excluding hydrogens is 338 g/mol. The average molecular weight is 360 g/mol. The van der Waals surface area contributed by atoms with Crippen molar-refractivity contribution in [2.24, 2.45) is 0 Å². The number of carbonyl (C=O) groups is 1. The van der Waals surface area contributed by atoms with E-state index in [0.717, 1.165) is 22.4 Å². The number of nitrogens with one attached hydrogen (secondary N) is 1. The summed E-state index contributed by atoms with van der Waals surface area (Å²) in [5, 5.41) is 3.32. The summed E-state index contributed by atoms with van der Waals surface area (Å²) in [5.41, 5.74) is 3.74. The van der Waals surface area contributed by atoms with Crippen molar-refractivity contribution in [3.05, 3.63) is 58.1 Å². The molecule has 0 heterocycles. The number of methoxy groups -OCH3 is 1. The van der Waals surface area contributed by atoms with E-state index in [0.29, 0.717) is 23.1 Å². The molecule has 0 aromatic heterocycles. The van der Waals surface area contributed by atoms with Crippen molar-refractivity contribution < 1.29 is 14.3 Å². The van der Waals surface area contributed by atoms with Gasteiger partial charge in [0.1, 0.15) is 0 Å². The number of hydrogen-bond acceptors (Lipinski definition) is 3. The lowest BCUT2D eigenvalue weighted by Gasteiger charge is -2.12. The number of hydrogen-bond donors (Lipinski definition) is 1. The predicted molar refractivity (Wildman–Crippen MR) is 103 cm³/mol. The molecule has 5 heteroatoms. The van der Waals surface area contributed by atoms with Crippen molar-refractivity contribution in [2.45, 2.75) is 20.8 Å². The Labute approximate surface area is 153 Å². The molecule has 0 fully saturated rings. The zero-order valence-electron chi connectivity index (χ0n) is 14.9. The molecule has 25 heavy (non-hydrogen) atoms. The third-order valence-corrected chi connectivity index (χ3v) is 4.11. The summed E-state index contributed by atoms with van der Waals surface area (Å²) in [6.45, 7) is 6.36. The maximum atomic E-state index is 12.2. The first kappa shape index (κ1) is 18.9. The number of amides is 1. The number of ether oxygens (including phenoxy) is 2. The maximum absolute atomic E-state index is 12.2. The van der Waals surface area contributed by atoms with Crippen molar-refractivity contribution in [3.8, 4) is 11.5 Å². The summed E-state index contributed by atoms with van der Waals surface area (Å²) < 4.78 is 10.8. The monoisotopic (exact) mass is 359 g/mol. The zero-order valence-corrected chi connectivity index (χ0v) is 15.6. The van der Waals surface area contributed by atoms with Gasteiger partial charge in [-0.2, -0.15) is 0 Å². The van der Waals surface area contributed by atoms with Crippen molar-refractivity contribution in [1.82, 2.24) is 0 Å². The summed E-state index contributed by atoms with van der Waals surface area (Å²) in [7, 11) is 1.54. The first-order chi connectivity index (χ1) is 12.0. The van der Waals surface area contributed by atoms with E-state index >= 15 is 0 Å². The highest BCUT2D eigenvalue weighted by atomic mass is 35.5. The molecule has 2 rings (SSSR count). The van der Waals surface area contributed by atoms with Gasteiger partial charge in [0, 0.05) is 11.8 Å². The molecular formula is C20H22ClNO3. The summed E-state index contributed by atoms with van der Waals surface area (Å²) in [6, 6.07) is 9.32. The summed E-state index contributed by atoms with van der Waals surface area (Å²) in [5.74, 6) is 0.825. The van der Waals surface area contributed by atoms with Crippen LogP contribution in [0, 0.1) is 13.8 Å². The molecule has 0 radical (unpaired) electrons. The molecule has 1 amide bonds. The van der Waals surface area contributed by atoms with Crippen molar-refractivity contribution in [1.29, 1.82) is 0 Å². The van der Waals surface area contributed by atoms with Crippen LogP contribution < -0.4 is 14.8 Å². The largest absolute Gasteiger partial charge is 0.491 e. The van der Waals surface area contributed by atoms with Crippen LogP contribution in [0.4, 0.5) is 5.69 Å². The zero-order chi connectivity index (χ0) is 18.4. The Hall–Kier alpha value is -2.46. The normalized spacial score (nSPS) is 10.8. The van der Waals surface area contributed by atoms with E-state index in [1.807, 2.05) is 39.0 Å². The molecule has 0 aliphatic carbocycles. The van der Waals surface area contributed by atoms with Crippen LogP contribution in [0.1, 0.15) is 23.6 Å². The standard InChI is InChI=1S/C20H22ClNO3/c1-5-25-18-12-15(11-16(21)20(18)24-4)9-10-19(23)22-17-8-6-7-13(2)14(17)3/h6-12H,5H2,1-4H3,(H,22,23)/b10-9+. The molecule has 0 saturated carbocycles. The van der Waals surface area contributed by atoms with Gasteiger partial charge in [-0.25, -0.2) is 0 Å². The predicted octanol–water partition coefficient (Wildman–Crippen LogP) is 5.02. The molecule has 0 bridgehead atoms. The second-order valence-corrected chi connectivity index (χ2v) is 5.94. The maximum Gasteiger partial charge on any atom is 0.248 e. The Morgan fingerprint density at radius 1 is 1.28 bits per heavy atom. The van der Waals surface area contributed by atoms with Gasteiger partial charge in [0.05, 0.1) is 18.7 Å². The molecule has 1 N–H and O–H groups in total. The van der Waals surface area contributed by atoms with Crippen LogP contribution in [0.15, 0.2) is 36.4 Å². The first-order valence-electron chi connectivity index (χ1n) is 8.01. The highest BCUT2D eigenvalue weighted by molar-refractivity contribution is 6.32. The lowest BCUT2D eigenvalue weighted by molar-refractivity contribution is -0.111. The minimum atomic E-state index is -0.210. The van der Waals surface area contributed by atoms with E-state index in [9.17, 15) is 4.79 Å². The van der Waals surface area contributed by atoms with Gasteiger partial charge in [0.25, 0.3) is 0 Å². The van der Waals surface area contributed by atoms with E-state index in [2.05, 4.69) is 5.32 Å². The van der Waals surface area contributed by atoms with E-state index in [1.165, 1.54) is 13.2 Å². The van der Waals surface area contributed by atoms with Gasteiger partial charge in [-0.05, 0) is 61.7 Å². The number of rotatable bonds is 6. The molecule has 0 unspecified atom stereocenters. The third-order valence-electron chi connectivity index (χ3n) is 3.83. The van der Waals surface area contributed by atoms with Crippen LogP contribution in [-0.2, 0) is 4.79 Å².